The van der Waals surface area contributed by atoms with Crippen molar-refractivity contribution in [2.75, 3.05) is 19.6 Å². The first-order valence-electron chi connectivity index (χ1n) is 8.12. The molecule has 2 N–H and O–H groups in total. The highest BCUT2D eigenvalue weighted by Crippen LogP contribution is 2.29. The molecule has 0 aromatic heterocycles. The van der Waals surface area contributed by atoms with E-state index in [4.69, 9.17) is 0 Å². The molecule has 1 aliphatic carbocycles. The van der Waals surface area contributed by atoms with Crippen molar-refractivity contribution < 1.29 is 4.79 Å². The Morgan fingerprint density at radius 3 is 2.84 bits per heavy atom. The van der Waals surface area contributed by atoms with Gasteiger partial charge in [0, 0.05) is 13.0 Å². The van der Waals surface area contributed by atoms with E-state index >= 15 is 0 Å². The van der Waals surface area contributed by atoms with Crippen LogP contribution in [-0.2, 0) is 4.79 Å². The lowest BCUT2D eigenvalue weighted by Crippen LogP contribution is -2.36. The van der Waals surface area contributed by atoms with E-state index in [0.29, 0.717) is 18.3 Å². The Balaban J connectivity index is 1.63. The quantitative estimate of drug-likeness (QED) is 0.803. The lowest BCUT2D eigenvalue weighted by Gasteiger charge is -2.28. The minimum Gasteiger partial charge on any atom is -0.356 e. The second-order valence-electron chi connectivity index (χ2n) is 6.88. The lowest BCUT2D eigenvalue weighted by atomic mass is 9.85. The molecule has 4 atom stereocenters. The Kier molecular flexibility index (Phi) is 5.68. The first-order chi connectivity index (χ1) is 9.15. The Morgan fingerprint density at radius 1 is 1.37 bits per heavy atom. The van der Waals surface area contributed by atoms with E-state index in [0.717, 1.165) is 31.5 Å². The van der Waals surface area contributed by atoms with Gasteiger partial charge in [-0.05, 0) is 62.4 Å². The Morgan fingerprint density at radius 2 is 2.21 bits per heavy atom. The molecule has 0 spiro atoms. The molecule has 0 radical (unpaired) electrons. The summed E-state index contributed by atoms with van der Waals surface area (Å²) in [6, 6.07) is 0. The molecule has 110 valence electrons. The maximum Gasteiger partial charge on any atom is 0.220 e. The van der Waals surface area contributed by atoms with E-state index in [1.54, 1.807) is 0 Å². The van der Waals surface area contributed by atoms with Gasteiger partial charge in [-0.3, -0.25) is 4.79 Å². The van der Waals surface area contributed by atoms with Crippen LogP contribution >= 0.6 is 0 Å². The maximum atomic E-state index is 12.0. The third-order valence-electron chi connectivity index (χ3n) is 5.04. The smallest absolute Gasteiger partial charge is 0.220 e. The van der Waals surface area contributed by atoms with Crippen LogP contribution in [0.3, 0.4) is 0 Å². The molecule has 2 aliphatic rings. The Bertz CT molecular complexity index is 286. The van der Waals surface area contributed by atoms with E-state index in [1.165, 1.54) is 32.1 Å². The summed E-state index contributed by atoms with van der Waals surface area (Å²) in [6.07, 6.45) is 7.17. The van der Waals surface area contributed by atoms with E-state index in [1.807, 2.05) is 0 Å². The highest BCUT2D eigenvalue weighted by Gasteiger charge is 2.24. The molecule has 2 fully saturated rings. The van der Waals surface area contributed by atoms with Crippen molar-refractivity contribution in [1.29, 1.82) is 0 Å². The fraction of sp³-hybridized carbons (Fsp3) is 0.938. The molecule has 4 unspecified atom stereocenters. The number of nitrogens with one attached hydrogen (secondary N) is 2. The van der Waals surface area contributed by atoms with Gasteiger partial charge in [0.25, 0.3) is 0 Å². The fourth-order valence-corrected chi connectivity index (χ4v) is 3.66. The molecule has 1 saturated heterocycles. The van der Waals surface area contributed by atoms with Gasteiger partial charge in [0.05, 0.1) is 0 Å². The minimum absolute atomic E-state index is 0.262. The van der Waals surface area contributed by atoms with Gasteiger partial charge < -0.3 is 10.6 Å². The molecule has 1 saturated carbocycles. The summed E-state index contributed by atoms with van der Waals surface area (Å²) >= 11 is 0. The zero-order valence-electron chi connectivity index (χ0n) is 12.6. The van der Waals surface area contributed by atoms with Crippen molar-refractivity contribution in [1.82, 2.24) is 10.6 Å². The minimum atomic E-state index is 0.262. The van der Waals surface area contributed by atoms with Crippen LogP contribution < -0.4 is 10.6 Å². The van der Waals surface area contributed by atoms with Gasteiger partial charge in [0.1, 0.15) is 0 Å². The Labute approximate surface area is 117 Å². The topological polar surface area (TPSA) is 41.1 Å². The van der Waals surface area contributed by atoms with Crippen molar-refractivity contribution in [3.63, 3.8) is 0 Å². The van der Waals surface area contributed by atoms with Crippen LogP contribution in [0.4, 0.5) is 0 Å². The largest absolute Gasteiger partial charge is 0.356 e. The number of hydrogen-bond donors (Lipinski definition) is 2. The second-order valence-corrected chi connectivity index (χ2v) is 6.88. The molecule has 3 nitrogen and oxygen atoms in total. The number of hydrogen-bond acceptors (Lipinski definition) is 2. The highest BCUT2D eigenvalue weighted by molar-refractivity contribution is 5.76. The van der Waals surface area contributed by atoms with Gasteiger partial charge in [-0.1, -0.05) is 20.3 Å². The summed E-state index contributed by atoms with van der Waals surface area (Å²) in [5.41, 5.74) is 0. The van der Waals surface area contributed by atoms with Gasteiger partial charge in [0.2, 0.25) is 5.91 Å². The molecule has 1 aliphatic heterocycles. The summed E-state index contributed by atoms with van der Waals surface area (Å²) in [5.74, 6) is 3.04. The van der Waals surface area contributed by atoms with Crippen molar-refractivity contribution >= 4 is 5.91 Å². The van der Waals surface area contributed by atoms with Crippen LogP contribution in [-0.4, -0.2) is 25.5 Å². The fourth-order valence-electron chi connectivity index (χ4n) is 3.66. The van der Waals surface area contributed by atoms with Crippen LogP contribution in [0.2, 0.25) is 0 Å². The monoisotopic (exact) mass is 266 g/mol. The third kappa shape index (κ3) is 4.79. The molecular weight excluding hydrogens is 236 g/mol. The van der Waals surface area contributed by atoms with Crippen molar-refractivity contribution in [2.45, 2.75) is 52.4 Å². The molecule has 0 bridgehead atoms. The van der Waals surface area contributed by atoms with Crippen LogP contribution in [0, 0.1) is 23.7 Å². The number of rotatable bonds is 5. The van der Waals surface area contributed by atoms with Gasteiger partial charge >= 0.3 is 0 Å². The number of carbonyl (C=O) groups is 1. The third-order valence-corrected chi connectivity index (χ3v) is 5.04. The van der Waals surface area contributed by atoms with Crippen LogP contribution in [0.1, 0.15) is 52.4 Å². The van der Waals surface area contributed by atoms with Crippen LogP contribution in [0.15, 0.2) is 0 Å². The normalized spacial score (nSPS) is 33.1. The molecule has 0 aromatic carbocycles. The summed E-state index contributed by atoms with van der Waals surface area (Å²) in [5, 5.41) is 6.59. The molecule has 2 rings (SSSR count). The number of amides is 1. The van der Waals surface area contributed by atoms with Gasteiger partial charge in [-0.2, -0.15) is 0 Å². The van der Waals surface area contributed by atoms with E-state index in [-0.39, 0.29) is 5.91 Å². The average Bonchev–Trinajstić information content (AvgIpc) is 2.83. The van der Waals surface area contributed by atoms with Crippen molar-refractivity contribution in [3.8, 4) is 0 Å². The van der Waals surface area contributed by atoms with Gasteiger partial charge in [-0.15, -0.1) is 0 Å². The summed E-state index contributed by atoms with van der Waals surface area (Å²) in [7, 11) is 0. The lowest BCUT2D eigenvalue weighted by molar-refractivity contribution is -0.122. The maximum absolute atomic E-state index is 12.0. The summed E-state index contributed by atoms with van der Waals surface area (Å²) in [4.78, 5) is 12.0. The van der Waals surface area contributed by atoms with E-state index < -0.39 is 0 Å². The van der Waals surface area contributed by atoms with Gasteiger partial charge in [-0.25, -0.2) is 0 Å². The Hall–Kier alpha value is -0.570. The number of piperidine rings is 1. The predicted octanol–water partition coefficient (Wildman–Crippen LogP) is 2.56. The molecule has 1 amide bonds. The van der Waals surface area contributed by atoms with Gasteiger partial charge in [0.15, 0.2) is 0 Å². The first-order valence-corrected chi connectivity index (χ1v) is 8.12. The van der Waals surface area contributed by atoms with E-state index in [9.17, 15) is 4.79 Å². The standard InChI is InChI=1S/C16H30N2O/c1-12-5-6-14(8-12)10-18-16(19)9-13(2)15-4-3-7-17-11-15/h12-15,17H,3-11H2,1-2H3,(H,18,19). The zero-order chi connectivity index (χ0) is 13.7. The summed E-state index contributed by atoms with van der Waals surface area (Å²) in [6.45, 7) is 7.69. The second kappa shape index (κ2) is 7.28. The molecule has 3 heteroatoms. The molecule has 0 aromatic rings. The first kappa shape index (κ1) is 14.8. The SMILES string of the molecule is CC1CCC(CNC(=O)CC(C)C2CCCNC2)C1. The van der Waals surface area contributed by atoms with Crippen molar-refractivity contribution in [2.24, 2.45) is 23.7 Å². The molecular formula is C16H30N2O. The highest BCUT2D eigenvalue weighted by atomic mass is 16.1. The predicted molar refractivity (Wildman–Crippen MR) is 78.9 cm³/mol. The van der Waals surface area contributed by atoms with Crippen molar-refractivity contribution in [3.05, 3.63) is 0 Å². The number of carbonyl (C=O) groups excluding carboxylic acids is 1. The molecule has 1 heterocycles. The average molecular weight is 266 g/mol. The van der Waals surface area contributed by atoms with Crippen LogP contribution in [0.5, 0.6) is 0 Å². The van der Waals surface area contributed by atoms with E-state index in [2.05, 4.69) is 24.5 Å². The summed E-state index contributed by atoms with van der Waals surface area (Å²) < 4.78 is 0. The zero-order valence-corrected chi connectivity index (χ0v) is 12.6. The molecule has 19 heavy (non-hydrogen) atoms. The van der Waals surface area contributed by atoms with Crippen LogP contribution in [0.25, 0.3) is 0 Å².